The molecular weight excluding hydrogens is 436 g/mol. The molecule has 1 saturated heterocycles. The van der Waals surface area contributed by atoms with Crippen molar-refractivity contribution in [1.82, 2.24) is 19.8 Å². The Kier molecular flexibility index (Phi) is 6.49. The van der Waals surface area contributed by atoms with E-state index in [0.717, 1.165) is 19.3 Å². The van der Waals surface area contributed by atoms with E-state index < -0.39 is 10.0 Å². The van der Waals surface area contributed by atoms with E-state index in [2.05, 4.69) is 14.9 Å². The lowest BCUT2D eigenvalue weighted by molar-refractivity contribution is 0.0754. The van der Waals surface area contributed by atoms with E-state index in [0.29, 0.717) is 35.8 Å². The Morgan fingerprint density at radius 2 is 1.94 bits per heavy atom. The average molecular weight is 461 g/mol. The third kappa shape index (κ3) is 5.03. The van der Waals surface area contributed by atoms with Crippen molar-refractivity contribution in [2.45, 2.75) is 37.5 Å². The fourth-order valence-corrected chi connectivity index (χ4v) is 6.11. The fourth-order valence-electron chi connectivity index (χ4n) is 3.52. The van der Waals surface area contributed by atoms with Gasteiger partial charge in [0.2, 0.25) is 10.0 Å². The molecule has 4 rings (SSSR count). The van der Waals surface area contributed by atoms with Crippen LogP contribution in [0.25, 0.3) is 10.8 Å². The fraction of sp³-hybridized carbons (Fsp3) is 0.381. The molecule has 0 aliphatic carbocycles. The molecular formula is C21H24N4O4S2. The SMILES string of the molecule is Cc1sc(-c2nnc(C(=O)N3CCCC3)o2)cc1S(=O)(=O)NCCCc1ccccc1. The van der Waals surface area contributed by atoms with Crippen molar-refractivity contribution >= 4 is 27.3 Å². The summed E-state index contributed by atoms with van der Waals surface area (Å²) < 4.78 is 33.7. The summed E-state index contributed by atoms with van der Waals surface area (Å²) in [5.41, 5.74) is 1.17. The van der Waals surface area contributed by atoms with Crippen molar-refractivity contribution in [3.05, 3.63) is 52.7 Å². The maximum atomic E-state index is 12.8. The highest BCUT2D eigenvalue weighted by Gasteiger charge is 2.26. The molecule has 0 radical (unpaired) electrons. The van der Waals surface area contributed by atoms with E-state index >= 15 is 0 Å². The molecule has 0 bridgehead atoms. The zero-order valence-electron chi connectivity index (χ0n) is 17.2. The van der Waals surface area contributed by atoms with Crippen LogP contribution in [0.3, 0.4) is 0 Å². The number of hydrogen-bond donors (Lipinski definition) is 1. The number of sulfonamides is 1. The minimum absolute atomic E-state index is 0.0635. The Morgan fingerprint density at radius 3 is 2.68 bits per heavy atom. The van der Waals surface area contributed by atoms with Crippen LogP contribution in [0, 0.1) is 6.92 Å². The van der Waals surface area contributed by atoms with Crippen LogP contribution in [-0.4, -0.2) is 49.1 Å². The van der Waals surface area contributed by atoms with Crippen LogP contribution in [0.15, 0.2) is 45.7 Å². The van der Waals surface area contributed by atoms with E-state index in [9.17, 15) is 13.2 Å². The van der Waals surface area contributed by atoms with E-state index in [1.54, 1.807) is 11.8 Å². The summed E-state index contributed by atoms with van der Waals surface area (Å²) in [4.78, 5) is 15.4. The summed E-state index contributed by atoms with van der Waals surface area (Å²) in [6.45, 7) is 3.45. The van der Waals surface area contributed by atoms with Crippen LogP contribution in [0.2, 0.25) is 0 Å². The summed E-state index contributed by atoms with van der Waals surface area (Å²) >= 11 is 1.25. The molecule has 1 N–H and O–H groups in total. The lowest BCUT2D eigenvalue weighted by Gasteiger charge is -2.11. The van der Waals surface area contributed by atoms with Crippen molar-refractivity contribution in [3.63, 3.8) is 0 Å². The largest absolute Gasteiger partial charge is 0.411 e. The Bertz CT molecular complexity index is 1150. The molecule has 2 aromatic heterocycles. The number of benzene rings is 1. The molecule has 8 nitrogen and oxygen atoms in total. The van der Waals surface area contributed by atoms with Gasteiger partial charge in [-0.1, -0.05) is 30.3 Å². The van der Waals surface area contributed by atoms with Gasteiger partial charge >= 0.3 is 11.8 Å². The number of carbonyl (C=O) groups is 1. The maximum Gasteiger partial charge on any atom is 0.311 e. The van der Waals surface area contributed by atoms with Crippen LogP contribution in [-0.2, 0) is 16.4 Å². The molecule has 0 atom stereocenters. The number of rotatable bonds is 8. The minimum atomic E-state index is -3.66. The van der Waals surface area contributed by atoms with Gasteiger partial charge in [0, 0.05) is 24.5 Å². The molecule has 3 heterocycles. The number of nitrogens with zero attached hydrogens (tertiary/aromatic N) is 3. The first-order chi connectivity index (χ1) is 14.9. The summed E-state index contributed by atoms with van der Waals surface area (Å²) in [6.07, 6.45) is 3.44. The average Bonchev–Trinajstić information content (AvgIpc) is 3.52. The molecule has 31 heavy (non-hydrogen) atoms. The topological polar surface area (TPSA) is 105 Å². The van der Waals surface area contributed by atoms with Gasteiger partial charge < -0.3 is 9.32 Å². The number of aromatic nitrogens is 2. The minimum Gasteiger partial charge on any atom is -0.411 e. The number of nitrogens with one attached hydrogen (secondary N) is 1. The van der Waals surface area contributed by atoms with Gasteiger partial charge in [-0.15, -0.1) is 21.5 Å². The van der Waals surface area contributed by atoms with E-state index in [1.165, 1.54) is 23.0 Å². The Morgan fingerprint density at radius 1 is 1.19 bits per heavy atom. The summed E-state index contributed by atoms with van der Waals surface area (Å²) in [5.74, 6) is -0.190. The number of aryl methyl sites for hydroxylation is 2. The van der Waals surface area contributed by atoms with Crippen LogP contribution < -0.4 is 4.72 Å². The number of likely N-dealkylation sites (tertiary alicyclic amines) is 1. The van der Waals surface area contributed by atoms with Crippen molar-refractivity contribution in [3.8, 4) is 10.8 Å². The second-order valence-corrected chi connectivity index (χ2v) is 10.4. The van der Waals surface area contributed by atoms with Crippen molar-refractivity contribution in [1.29, 1.82) is 0 Å². The first kappa shape index (κ1) is 21.7. The first-order valence-electron chi connectivity index (χ1n) is 10.2. The second kappa shape index (κ2) is 9.29. The zero-order valence-corrected chi connectivity index (χ0v) is 18.8. The van der Waals surface area contributed by atoms with Gasteiger partial charge in [0.25, 0.3) is 5.89 Å². The van der Waals surface area contributed by atoms with Gasteiger partial charge in [-0.25, -0.2) is 13.1 Å². The Labute approximate surface area is 185 Å². The predicted molar refractivity (Wildman–Crippen MR) is 117 cm³/mol. The molecule has 3 aromatic rings. The van der Waals surface area contributed by atoms with Crippen LogP contribution in [0.5, 0.6) is 0 Å². The molecule has 1 aliphatic heterocycles. The normalized spacial score (nSPS) is 14.3. The molecule has 0 unspecified atom stereocenters. The number of carbonyl (C=O) groups excluding carboxylic acids is 1. The second-order valence-electron chi connectivity index (χ2n) is 7.43. The lowest BCUT2D eigenvalue weighted by Crippen LogP contribution is -2.27. The predicted octanol–water partition coefficient (Wildman–Crippen LogP) is 3.25. The highest BCUT2D eigenvalue weighted by atomic mass is 32.2. The maximum absolute atomic E-state index is 12.8. The summed E-state index contributed by atoms with van der Waals surface area (Å²) in [5, 5.41) is 7.82. The number of hydrogen-bond acceptors (Lipinski definition) is 7. The third-order valence-corrected chi connectivity index (χ3v) is 7.91. The molecule has 0 saturated carbocycles. The lowest BCUT2D eigenvalue weighted by atomic mass is 10.1. The third-order valence-electron chi connectivity index (χ3n) is 5.15. The molecule has 1 aromatic carbocycles. The highest BCUT2D eigenvalue weighted by molar-refractivity contribution is 7.89. The van der Waals surface area contributed by atoms with E-state index in [-0.39, 0.29) is 22.6 Å². The molecule has 164 valence electrons. The monoisotopic (exact) mass is 460 g/mol. The van der Waals surface area contributed by atoms with Gasteiger partial charge in [0.05, 0.1) is 9.77 Å². The molecule has 1 aliphatic rings. The van der Waals surface area contributed by atoms with Gasteiger partial charge in [-0.05, 0) is 44.2 Å². The van der Waals surface area contributed by atoms with E-state index in [1.807, 2.05) is 30.3 Å². The van der Waals surface area contributed by atoms with Crippen LogP contribution in [0.4, 0.5) is 0 Å². The summed E-state index contributed by atoms with van der Waals surface area (Å²) in [6, 6.07) is 11.5. The van der Waals surface area contributed by atoms with Crippen molar-refractivity contribution in [2.24, 2.45) is 0 Å². The molecule has 0 spiro atoms. The standard InChI is InChI=1S/C21H24N4O4S2/c1-15-18(31(27,28)22-11-7-10-16-8-3-2-4-9-16)14-17(30-15)19-23-24-20(29-19)21(26)25-12-5-6-13-25/h2-4,8-9,14,22H,5-7,10-13H2,1H3. The van der Waals surface area contributed by atoms with Crippen molar-refractivity contribution in [2.75, 3.05) is 19.6 Å². The quantitative estimate of drug-likeness (QED) is 0.517. The first-order valence-corrected chi connectivity index (χ1v) is 12.5. The number of amides is 1. The van der Waals surface area contributed by atoms with Crippen LogP contribution in [0.1, 0.15) is 40.4 Å². The van der Waals surface area contributed by atoms with Crippen LogP contribution >= 0.6 is 11.3 Å². The number of thiophene rings is 1. The smallest absolute Gasteiger partial charge is 0.311 e. The Balaban J connectivity index is 1.41. The molecule has 10 heteroatoms. The molecule has 1 fully saturated rings. The molecule has 1 amide bonds. The van der Waals surface area contributed by atoms with Gasteiger partial charge in [0.1, 0.15) is 0 Å². The van der Waals surface area contributed by atoms with Gasteiger partial charge in [-0.2, -0.15) is 0 Å². The van der Waals surface area contributed by atoms with Gasteiger partial charge in [0.15, 0.2) is 0 Å². The highest BCUT2D eigenvalue weighted by Crippen LogP contribution is 2.33. The van der Waals surface area contributed by atoms with Crippen molar-refractivity contribution < 1.29 is 17.6 Å². The Hall–Kier alpha value is -2.56. The zero-order chi connectivity index (χ0) is 21.8. The van der Waals surface area contributed by atoms with Gasteiger partial charge in [-0.3, -0.25) is 4.79 Å². The van der Waals surface area contributed by atoms with E-state index in [4.69, 9.17) is 4.42 Å². The summed E-state index contributed by atoms with van der Waals surface area (Å²) in [7, 11) is -3.66.